The molecule has 0 aliphatic heterocycles. The third-order valence-electron chi connectivity index (χ3n) is 0. The Hall–Kier alpha value is 0.723. The minimum absolute atomic E-state index is 0. The van der Waals surface area contributed by atoms with E-state index in [1.807, 2.05) is 0 Å². The van der Waals surface area contributed by atoms with E-state index in [-0.39, 0.29) is 39.4 Å². The molecule has 0 aliphatic carbocycles. The Bertz CT molecular complexity index is 28.1. The second-order valence-corrected chi connectivity index (χ2v) is 1.53. The van der Waals surface area contributed by atoms with E-state index in [1.165, 1.54) is 0 Å². The quantitative estimate of drug-likeness (QED) is 0.696. The first-order valence-corrected chi connectivity index (χ1v) is 3.84. The van der Waals surface area contributed by atoms with E-state index in [2.05, 4.69) is 10.6 Å². The van der Waals surface area contributed by atoms with Crippen molar-refractivity contribution in [1.29, 1.82) is 0 Å². The first-order valence-electron chi connectivity index (χ1n) is 3.84. The SMILES string of the molecule is CCO.CCO.C[N-]C.C[N-]C.[Zr+2]. The second-order valence-electron chi connectivity index (χ2n) is 1.53. The zero-order valence-electron chi connectivity index (χ0n) is 9.70. The van der Waals surface area contributed by atoms with Crippen molar-refractivity contribution in [2.75, 3.05) is 41.4 Å². The molecule has 0 aliphatic rings. The monoisotopic (exact) mass is 270 g/mol. The Labute approximate surface area is 102 Å². The maximum absolute atomic E-state index is 7.57. The van der Waals surface area contributed by atoms with E-state index in [9.17, 15) is 0 Å². The van der Waals surface area contributed by atoms with Crippen molar-refractivity contribution in [3.63, 3.8) is 0 Å². The molecule has 0 bridgehead atoms. The summed E-state index contributed by atoms with van der Waals surface area (Å²) in [5, 5.41) is 22.1. The van der Waals surface area contributed by atoms with Crippen molar-refractivity contribution in [3.8, 4) is 0 Å². The van der Waals surface area contributed by atoms with Gasteiger partial charge in [0.25, 0.3) is 0 Å². The number of aliphatic hydroxyl groups is 2. The van der Waals surface area contributed by atoms with Gasteiger partial charge in [0.15, 0.2) is 0 Å². The van der Waals surface area contributed by atoms with Crippen molar-refractivity contribution >= 4 is 0 Å². The third kappa shape index (κ3) is 2800. The van der Waals surface area contributed by atoms with Crippen LogP contribution in [0.1, 0.15) is 13.8 Å². The van der Waals surface area contributed by atoms with Gasteiger partial charge in [0.1, 0.15) is 0 Å². The summed E-state index contributed by atoms with van der Waals surface area (Å²) in [5.74, 6) is 0. The van der Waals surface area contributed by atoms with E-state index in [1.54, 1.807) is 42.0 Å². The van der Waals surface area contributed by atoms with Crippen LogP contribution in [-0.2, 0) is 26.2 Å². The van der Waals surface area contributed by atoms with Crippen molar-refractivity contribution in [2.45, 2.75) is 13.8 Å². The molecule has 13 heavy (non-hydrogen) atoms. The minimum Gasteiger partial charge on any atom is -0.668 e. The number of aliphatic hydroxyl groups excluding tert-OH is 2. The fourth-order valence-corrected chi connectivity index (χ4v) is 0. The Kier molecular flexibility index (Phi) is 176. The Morgan fingerprint density at radius 1 is 0.769 bits per heavy atom. The van der Waals surface area contributed by atoms with E-state index in [0.717, 1.165) is 0 Å². The van der Waals surface area contributed by atoms with Crippen LogP contribution < -0.4 is 0 Å². The van der Waals surface area contributed by atoms with Crippen molar-refractivity contribution < 1.29 is 36.4 Å². The largest absolute Gasteiger partial charge is 2.00 e. The molecule has 0 fully saturated rings. The van der Waals surface area contributed by atoms with Gasteiger partial charge in [-0.3, -0.25) is 0 Å². The van der Waals surface area contributed by atoms with Gasteiger partial charge in [-0.25, -0.2) is 0 Å². The van der Waals surface area contributed by atoms with Crippen LogP contribution in [0.25, 0.3) is 10.6 Å². The molecule has 2 N–H and O–H groups in total. The van der Waals surface area contributed by atoms with Crippen LogP contribution in [0.4, 0.5) is 0 Å². The molecule has 0 saturated heterocycles. The molecule has 0 unspecified atom stereocenters. The molecule has 0 heterocycles. The molecular formula is C8H24N2O2Zr. The molecule has 0 aromatic rings. The zero-order chi connectivity index (χ0) is 10.8. The topological polar surface area (TPSA) is 68.7 Å². The predicted octanol–water partition coefficient (Wildman–Crippen LogP) is 1.23. The third-order valence-corrected chi connectivity index (χ3v) is 0. The van der Waals surface area contributed by atoms with Gasteiger partial charge < -0.3 is 20.8 Å². The standard InChI is InChI=1S/2C2H6N.2C2H6O.Zr/c2*1-3-2;2*1-2-3;/h2*1-2H3;2*3H,2H2,1H3;/q2*-1;;;+2. The van der Waals surface area contributed by atoms with E-state index in [0.29, 0.717) is 0 Å². The van der Waals surface area contributed by atoms with Gasteiger partial charge in [0, 0.05) is 13.2 Å². The smallest absolute Gasteiger partial charge is 0.668 e. The summed E-state index contributed by atoms with van der Waals surface area (Å²) in [6, 6.07) is 0. The number of hydrogen-bond acceptors (Lipinski definition) is 2. The molecule has 0 radical (unpaired) electrons. The predicted molar refractivity (Wildman–Crippen MR) is 55.9 cm³/mol. The van der Waals surface area contributed by atoms with Gasteiger partial charge >= 0.3 is 26.2 Å². The summed E-state index contributed by atoms with van der Waals surface area (Å²) in [6.45, 7) is 3.86. The van der Waals surface area contributed by atoms with Gasteiger partial charge in [-0.2, -0.15) is 28.2 Å². The molecule has 0 spiro atoms. The molecule has 4 nitrogen and oxygen atoms in total. The summed E-state index contributed by atoms with van der Waals surface area (Å²) in [7, 11) is 7.00. The van der Waals surface area contributed by atoms with Gasteiger partial charge in [-0.15, -0.1) is 0 Å². The van der Waals surface area contributed by atoms with Crippen LogP contribution in [0.5, 0.6) is 0 Å². The average molecular weight is 272 g/mol. The summed E-state index contributed by atoms with van der Waals surface area (Å²) in [6.07, 6.45) is 0. The molecular weight excluding hydrogens is 247 g/mol. The zero-order valence-corrected chi connectivity index (χ0v) is 12.2. The Morgan fingerprint density at radius 2 is 0.769 bits per heavy atom. The first-order chi connectivity index (χ1) is 5.66. The number of nitrogens with zero attached hydrogens (tertiary/aromatic N) is 2. The van der Waals surface area contributed by atoms with Gasteiger partial charge in [-0.1, -0.05) is 0 Å². The molecule has 0 aromatic heterocycles. The molecule has 0 amide bonds. The summed E-state index contributed by atoms with van der Waals surface area (Å²) in [4.78, 5) is 0. The van der Waals surface area contributed by atoms with E-state index >= 15 is 0 Å². The van der Waals surface area contributed by atoms with Gasteiger partial charge in [-0.05, 0) is 13.8 Å². The van der Waals surface area contributed by atoms with Crippen LogP contribution >= 0.6 is 0 Å². The van der Waals surface area contributed by atoms with E-state index < -0.39 is 0 Å². The maximum atomic E-state index is 7.57. The van der Waals surface area contributed by atoms with Crippen LogP contribution in [0, 0.1) is 0 Å². The normalized spacial score (nSPS) is 5.54. The maximum Gasteiger partial charge on any atom is 2.00 e. The molecule has 82 valence electrons. The summed E-state index contributed by atoms with van der Waals surface area (Å²) < 4.78 is 0. The number of hydrogen-bond donors (Lipinski definition) is 2. The van der Waals surface area contributed by atoms with Crippen LogP contribution in [0.3, 0.4) is 0 Å². The van der Waals surface area contributed by atoms with Crippen LogP contribution in [0.15, 0.2) is 0 Å². The van der Waals surface area contributed by atoms with E-state index in [4.69, 9.17) is 10.2 Å². The minimum atomic E-state index is 0. The van der Waals surface area contributed by atoms with Crippen LogP contribution in [0.2, 0.25) is 0 Å². The second kappa shape index (κ2) is 78.4. The van der Waals surface area contributed by atoms with Crippen LogP contribution in [-0.4, -0.2) is 51.6 Å². The van der Waals surface area contributed by atoms with Crippen molar-refractivity contribution in [2.24, 2.45) is 0 Å². The average Bonchev–Trinajstić information content (AvgIpc) is 1.92. The number of rotatable bonds is 0. The van der Waals surface area contributed by atoms with Crippen molar-refractivity contribution in [1.82, 2.24) is 0 Å². The summed E-state index contributed by atoms with van der Waals surface area (Å²) in [5.41, 5.74) is 0. The molecule has 0 saturated carbocycles. The molecule has 0 atom stereocenters. The molecule has 0 aromatic carbocycles. The Balaban J connectivity index is -0.0000000213. The molecule has 0 rings (SSSR count). The first kappa shape index (κ1) is 29.2. The Morgan fingerprint density at radius 3 is 0.769 bits per heavy atom. The van der Waals surface area contributed by atoms with Gasteiger partial charge in [0.2, 0.25) is 0 Å². The van der Waals surface area contributed by atoms with Gasteiger partial charge in [0.05, 0.1) is 0 Å². The fourth-order valence-electron chi connectivity index (χ4n) is 0. The fraction of sp³-hybridized carbons (Fsp3) is 1.00. The van der Waals surface area contributed by atoms with Crippen molar-refractivity contribution in [3.05, 3.63) is 10.6 Å². The molecule has 5 heteroatoms. The summed E-state index contributed by atoms with van der Waals surface area (Å²) >= 11 is 0.